The lowest BCUT2D eigenvalue weighted by molar-refractivity contribution is 1.29. The lowest BCUT2D eigenvalue weighted by Crippen LogP contribution is -1.80. The van der Waals surface area contributed by atoms with Crippen molar-refractivity contribution in [3.05, 3.63) is 51.5 Å². The van der Waals surface area contributed by atoms with Gasteiger partial charge in [0.2, 0.25) is 0 Å². The molecule has 1 aromatic rings. The van der Waals surface area contributed by atoms with Gasteiger partial charge in [-0.1, -0.05) is 51.8 Å². The molecule has 0 aromatic heterocycles. The molecule has 74 valence electrons. The van der Waals surface area contributed by atoms with Gasteiger partial charge in [-0.15, -0.1) is 0 Å². The third-order valence-corrected chi connectivity index (χ3v) is 3.02. The fraction of sp³-hybridized carbons (Fsp3) is 0.231. The van der Waals surface area contributed by atoms with Gasteiger partial charge in [0.05, 0.1) is 0 Å². The van der Waals surface area contributed by atoms with E-state index >= 15 is 0 Å². The molecule has 0 unspecified atom stereocenters. The van der Waals surface area contributed by atoms with E-state index in [4.69, 9.17) is 0 Å². The van der Waals surface area contributed by atoms with Crippen LogP contribution in [0.4, 0.5) is 0 Å². The van der Waals surface area contributed by atoms with E-state index in [1.54, 1.807) is 0 Å². The van der Waals surface area contributed by atoms with Gasteiger partial charge in [-0.3, -0.25) is 0 Å². The van der Waals surface area contributed by atoms with E-state index in [9.17, 15) is 0 Å². The summed E-state index contributed by atoms with van der Waals surface area (Å²) >= 11 is 3.58. The van der Waals surface area contributed by atoms with Crippen molar-refractivity contribution in [2.75, 3.05) is 0 Å². The molecule has 0 spiro atoms. The largest absolute Gasteiger partial charge is 0.0724 e. The minimum atomic E-state index is 1.16. The maximum atomic E-state index is 3.58. The molecule has 0 aliphatic rings. The normalized spacial score (nSPS) is 11.3. The molecule has 0 atom stereocenters. The van der Waals surface area contributed by atoms with Crippen LogP contribution in [0.5, 0.6) is 0 Å². The van der Waals surface area contributed by atoms with Gasteiger partial charge < -0.3 is 0 Å². The Morgan fingerprint density at radius 3 is 2.14 bits per heavy atom. The van der Waals surface area contributed by atoms with Crippen molar-refractivity contribution in [2.24, 2.45) is 0 Å². The molecule has 14 heavy (non-hydrogen) atoms. The lowest BCUT2D eigenvalue weighted by Gasteiger charge is -2.02. The highest BCUT2D eigenvalue weighted by Crippen LogP contribution is 2.22. The van der Waals surface area contributed by atoms with Crippen LogP contribution in [0.1, 0.15) is 26.3 Å². The summed E-state index contributed by atoms with van der Waals surface area (Å²) in [4.78, 5) is 0. The Kier molecular flexibility index (Phi) is 4.15. The quantitative estimate of drug-likeness (QED) is 0.663. The van der Waals surface area contributed by atoms with E-state index in [2.05, 4.69) is 54.9 Å². The molecule has 0 radical (unpaired) electrons. The van der Waals surface area contributed by atoms with E-state index in [0.717, 1.165) is 4.48 Å². The summed E-state index contributed by atoms with van der Waals surface area (Å²) in [5.74, 6) is 0. The third kappa shape index (κ3) is 3.15. The molecule has 0 bridgehead atoms. The van der Waals surface area contributed by atoms with Crippen LogP contribution in [-0.4, -0.2) is 0 Å². The van der Waals surface area contributed by atoms with Crippen LogP contribution < -0.4 is 0 Å². The number of rotatable bonds is 2. The Hall–Kier alpha value is -0.820. The van der Waals surface area contributed by atoms with E-state index in [0.29, 0.717) is 0 Å². The zero-order valence-corrected chi connectivity index (χ0v) is 10.4. The van der Waals surface area contributed by atoms with Crippen LogP contribution in [0.15, 0.2) is 46.0 Å². The fourth-order valence-electron chi connectivity index (χ4n) is 1.04. The smallest absolute Gasteiger partial charge is 0.0209 e. The van der Waals surface area contributed by atoms with Gasteiger partial charge in [0.1, 0.15) is 0 Å². The molecule has 0 amide bonds. The van der Waals surface area contributed by atoms with Crippen molar-refractivity contribution in [1.82, 2.24) is 0 Å². The molecule has 0 fully saturated rings. The summed E-state index contributed by atoms with van der Waals surface area (Å²) in [6, 6.07) is 10.3. The second-order valence-electron chi connectivity index (χ2n) is 3.53. The fourth-order valence-corrected chi connectivity index (χ4v) is 1.70. The summed E-state index contributed by atoms with van der Waals surface area (Å²) in [6.07, 6.45) is 2.14. The van der Waals surface area contributed by atoms with Gasteiger partial charge in [0, 0.05) is 4.48 Å². The Morgan fingerprint density at radius 1 is 1.07 bits per heavy atom. The highest BCUT2D eigenvalue weighted by molar-refractivity contribution is 9.12. The third-order valence-electron chi connectivity index (χ3n) is 2.20. The van der Waals surface area contributed by atoms with E-state index in [-0.39, 0.29) is 0 Å². The van der Waals surface area contributed by atoms with Crippen molar-refractivity contribution < 1.29 is 0 Å². The minimum absolute atomic E-state index is 1.16. The molecule has 1 aromatic carbocycles. The van der Waals surface area contributed by atoms with Gasteiger partial charge in [0.15, 0.2) is 0 Å². The maximum Gasteiger partial charge on any atom is 0.0209 e. The summed E-state index contributed by atoms with van der Waals surface area (Å²) in [5.41, 5.74) is 3.86. The first-order valence-electron chi connectivity index (χ1n) is 4.68. The lowest BCUT2D eigenvalue weighted by atomic mass is 10.1. The Balaban J connectivity index is 2.96. The first-order valence-corrected chi connectivity index (χ1v) is 5.47. The molecule has 0 nitrogen and oxygen atoms in total. The van der Waals surface area contributed by atoms with Gasteiger partial charge in [-0.2, -0.15) is 0 Å². The standard InChI is InChI=1S/C13H15Br/c1-10(2)11(3)13(14)9-12-7-5-4-6-8-12/h4-9H,1-3H3/b13-9+. The molecule has 0 heterocycles. The summed E-state index contributed by atoms with van der Waals surface area (Å²) in [6.45, 7) is 6.36. The highest BCUT2D eigenvalue weighted by Gasteiger charge is 1.97. The van der Waals surface area contributed by atoms with Crippen molar-refractivity contribution in [3.63, 3.8) is 0 Å². The van der Waals surface area contributed by atoms with Crippen molar-refractivity contribution >= 4 is 22.0 Å². The van der Waals surface area contributed by atoms with Crippen LogP contribution in [0, 0.1) is 0 Å². The molecule has 1 rings (SSSR count). The van der Waals surface area contributed by atoms with Crippen molar-refractivity contribution in [1.29, 1.82) is 0 Å². The first kappa shape index (κ1) is 11.3. The molecule has 1 heteroatoms. The van der Waals surface area contributed by atoms with Gasteiger partial charge >= 0.3 is 0 Å². The van der Waals surface area contributed by atoms with Gasteiger partial charge in [-0.05, 0) is 38.0 Å². The SMILES string of the molecule is CC(C)=C(C)/C(Br)=C\c1ccccc1. The number of allylic oxidation sites excluding steroid dienone is 3. The summed E-state index contributed by atoms with van der Waals surface area (Å²) < 4.78 is 1.16. The van der Waals surface area contributed by atoms with Crippen LogP contribution in [0.2, 0.25) is 0 Å². The highest BCUT2D eigenvalue weighted by atomic mass is 79.9. The van der Waals surface area contributed by atoms with E-state index < -0.39 is 0 Å². The van der Waals surface area contributed by atoms with Crippen LogP contribution >= 0.6 is 15.9 Å². The van der Waals surface area contributed by atoms with Gasteiger partial charge in [-0.25, -0.2) is 0 Å². The average molecular weight is 251 g/mol. The first-order chi connectivity index (χ1) is 6.61. The molecule has 0 aliphatic heterocycles. The monoisotopic (exact) mass is 250 g/mol. The van der Waals surface area contributed by atoms with Crippen LogP contribution in [-0.2, 0) is 0 Å². The number of benzene rings is 1. The zero-order valence-electron chi connectivity index (χ0n) is 8.84. The maximum absolute atomic E-state index is 3.58. The number of hydrogen-bond acceptors (Lipinski definition) is 0. The van der Waals surface area contributed by atoms with Crippen LogP contribution in [0.25, 0.3) is 6.08 Å². The molecular formula is C13H15Br. The van der Waals surface area contributed by atoms with Crippen molar-refractivity contribution in [3.8, 4) is 0 Å². The predicted octanol–water partition coefficient (Wildman–Crippen LogP) is 4.78. The average Bonchev–Trinajstić information content (AvgIpc) is 2.18. The molecule has 0 N–H and O–H groups in total. The minimum Gasteiger partial charge on any atom is -0.0724 e. The Bertz CT molecular complexity index is 354. The number of hydrogen-bond donors (Lipinski definition) is 0. The summed E-state index contributed by atoms with van der Waals surface area (Å²) in [7, 11) is 0. The molecular weight excluding hydrogens is 236 g/mol. The zero-order chi connectivity index (χ0) is 10.6. The number of halogens is 1. The van der Waals surface area contributed by atoms with Crippen LogP contribution in [0.3, 0.4) is 0 Å². The van der Waals surface area contributed by atoms with Crippen molar-refractivity contribution in [2.45, 2.75) is 20.8 Å². The molecule has 0 saturated carbocycles. The topological polar surface area (TPSA) is 0 Å². The van der Waals surface area contributed by atoms with Gasteiger partial charge in [0.25, 0.3) is 0 Å². The molecule has 0 aliphatic carbocycles. The second-order valence-corrected chi connectivity index (χ2v) is 4.38. The van der Waals surface area contributed by atoms with E-state index in [1.807, 2.05) is 18.2 Å². The Morgan fingerprint density at radius 2 is 1.64 bits per heavy atom. The predicted molar refractivity (Wildman–Crippen MR) is 67.4 cm³/mol. The Labute approximate surface area is 94.5 Å². The second kappa shape index (κ2) is 5.16. The summed E-state index contributed by atoms with van der Waals surface area (Å²) in [5, 5.41) is 0. The van der Waals surface area contributed by atoms with E-state index in [1.165, 1.54) is 16.7 Å². The molecule has 0 saturated heterocycles.